The molecule has 0 bridgehead atoms. The van der Waals surface area contributed by atoms with Gasteiger partial charge in [-0.3, -0.25) is 0 Å². The molecule has 0 aliphatic heterocycles. The molecule has 0 atom stereocenters. The van der Waals surface area contributed by atoms with E-state index in [1.807, 2.05) is 20.9 Å². The van der Waals surface area contributed by atoms with Gasteiger partial charge >= 0.3 is 0 Å². The highest BCUT2D eigenvalue weighted by Gasteiger charge is 2.21. The molecular formula is C13H21N3OS. The van der Waals surface area contributed by atoms with Gasteiger partial charge in [-0.2, -0.15) is 5.26 Å². The van der Waals surface area contributed by atoms with Crippen LogP contribution >= 0.6 is 11.3 Å². The first kappa shape index (κ1) is 14.7. The Hall–Kier alpha value is -1.41. The van der Waals surface area contributed by atoms with Gasteiger partial charge in [0.1, 0.15) is 21.6 Å². The van der Waals surface area contributed by atoms with Gasteiger partial charge in [-0.05, 0) is 19.8 Å². The minimum absolute atomic E-state index is 0.0413. The molecule has 0 aliphatic rings. The molecule has 0 amide bonds. The predicted molar refractivity (Wildman–Crippen MR) is 77.3 cm³/mol. The van der Waals surface area contributed by atoms with Gasteiger partial charge in [-0.25, -0.2) is 0 Å². The highest BCUT2D eigenvalue weighted by atomic mass is 32.1. The normalized spacial score (nSPS) is 10.8. The van der Waals surface area contributed by atoms with Gasteiger partial charge in [0.15, 0.2) is 5.75 Å². The minimum atomic E-state index is 0.0413. The summed E-state index contributed by atoms with van der Waals surface area (Å²) in [6.45, 7) is 9.12. The fourth-order valence-electron chi connectivity index (χ4n) is 1.73. The number of rotatable bonds is 5. The van der Waals surface area contributed by atoms with E-state index in [1.54, 1.807) is 0 Å². The molecule has 1 aromatic heterocycles. The maximum Gasteiger partial charge on any atom is 0.178 e. The molecule has 0 unspecified atom stereocenters. The maximum atomic E-state index is 9.06. The van der Waals surface area contributed by atoms with Gasteiger partial charge in [-0.1, -0.05) is 13.8 Å². The van der Waals surface area contributed by atoms with Crippen molar-refractivity contribution in [2.75, 3.05) is 24.2 Å². The Kier molecular flexibility index (Phi) is 4.85. The Labute approximate surface area is 113 Å². The third-order valence-electron chi connectivity index (χ3n) is 2.32. The van der Waals surface area contributed by atoms with E-state index in [0.717, 1.165) is 11.5 Å². The smallest absolute Gasteiger partial charge is 0.178 e. The van der Waals surface area contributed by atoms with E-state index in [1.165, 1.54) is 11.3 Å². The summed E-state index contributed by atoms with van der Waals surface area (Å²) in [6.07, 6.45) is 0.0413. The van der Waals surface area contributed by atoms with Crippen LogP contribution in [-0.2, 0) is 0 Å². The molecule has 1 rings (SSSR count). The van der Waals surface area contributed by atoms with Gasteiger partial charge in [0.2, 0.25) is 0 Å². The van der Waals surface area contributed by atoms with Gasteiger partial charge < -0.3 is 15.4 Å². The largest absolute Gasteiger partial charge is 0.486 e. The first-order valence-electron chi connectivity index (χ1n) is 6.07. The zero-order valence-corrected chi connectivity index (χ0v) is 12.5. The summed E-state index contributed by atoms with van der Waals surface area (Å²) in [5, 5.41) is 10.00. The van der Waals surface area contributed by atoms with Crippen molar-refractivity contribution < 1.29 is 4.74 Å². The van der Waals surface area contributed by atoms with Gasteiger partial charge in [0, 0.05) is 13.6 Å². The Balaban J connectivity index is 3.13. The van der Waals surface area contributed by atoms with Gasteiger partial charge in [0.25, 0.3) is 0 Å². The molecule has 1 aromatic rings. The number of nitrogens with zero attached hydrogens (tertiary/aromatic N) is 2. The lowest BCUT2D eigenvalue weighted by Crippen LogP contribution is -2.22. The van der Waals surface area contributed by atoms with Crippen LogP contribution < -0.4 is 15.4 Å². The molecule has 0 aliphatic carbocycles. The summed E-state index contributed by atoms with van der Waals surface area (Å²) < 4.78 is 5.75. The fourth-order valence-corrected chi connectivity index (χ4v) is 2.65. The summed E-state index contributed by atoms with van der Waals surface area (Å²) in [6, 6.07) is 2.12. The average molecular weight is 267 g/mol. The molecule has 0 saturated carbocycles. The number of thiophene rings is 1. The monoisotopic (exact) mass is 267 g/mol. The van der Waals surface area contributed by atoms with Crippen LogP contribution in [-0.4, -0.2) is 19.7 Å². The van der Waals surface area contributed by atoms with Crippen LogP contribution in [0.2, 0.25) is 0 Å². The number of ether oxygens (including phenoxy) is 1. The zero-order chi connectivity index (χ0) is 13.9. The Bertz CT molecular complexity index is 446. The molecule has 0 saturated heterocycles. The molecule has 0 radical (unpaired) electrons. The van der Waals surface area contributed by atoms with Crippen molar-refractivity contribution in [1.82, 2.24) is 0 Å². The predicted octanol–water partition coefficient (Wildman–Crippen LogP) is 3.08. The topological polar surface area (TPSA) is 62.3 Å². The lowest BCUT2D eigenvalue weighted by molar-refractivity contribution is 0.245. The first-order chi connectivity index (χ1) is 8.36. The second-order valence-corrected chi connectivity index (χ2v) is 6.03. The highest BCUT2D eigenvalue weighted by molar-refractivity contribution is 7.17. The fraction of sp³-hybridized carbons (Fsp3) is 0.615. The van der Waals surface area contributed by atoms with Crippen LogP contribution in [0.15, 0.2) is 0 Å². The van der Waals surface area contributed by atoms with Crippen LogP contribution in [0.5, 0.6) is 5.75 Å². The summed E-state index contributed by atoms with van der Waals surface area (Å²) in [7, 11) is 2.00. The van der Waals surface area contributed by atoms with Crippen LogP contribution in [0.1, 0.15) is 32.6 Å². The molecule has 18 heavy (non-hydrogen) atoms. The standard InChI is InChI=1S/C13H21N3OS/c1-8(2)7-16(5)13-12(17-9(3)4)11(15)10(6-14)18-13/h8-9H,7,15H2,1-5H3. The molecule has 100 valence electrons. The number of hydrogen-bond acceptors (Lipinski definition) is 5. The van der Waals surface area contributed by atoms with E-state index in [2.05, 4.69) is 24.8 Å². The van der Waals surface area contributed by atoms with Gasteiger partial charge in [-0.15, -0.1) is 11.3 Å². The summed E-state index contributed by atoms with van der Waals surface area (Å²) in [5.41, 5.74) is 6.43. The minimum Gasteiger partial charge on any atom is -0.486 e. The lowest BCUT2D eigenvalue weighted by Gasteiger charge is -2.22. The molecule has 5 heteroatoms. The second kappa shape index (κ2) is 5.96. The molecule has 1 heterocycles. The van der Waals surface area contributed by atoms with Crippen LogP contribution in [0.3, 0.4) is 0 Å². The Morgan fingerprint density at radius 2 is 2.00 bits per heavy atom. The second-order valence-electron chi connectivity index (χ2n) is 5.03. The quantitative estimate of drug-likeness (QED) is 0.890. The average Bonchev–Trinajstić information content (AvgIpc) is 2.55. The molecular weight excluding hydrogens is 246 g/mol. The van der Waals surface area contributed by atoms with E-state index in [0.29, 0.717) is 22.2 Å². The molecule has 0 aromatic carbocycles. The van der Waals surface area contributed by atoms with E-state index < -0.39 is 0 Å². The third kappa shape index (κ3) is 3.30. The van der Waals surface area contributed by atoms with Gasteiger partial charge in [0.05, 0.1) is 6.10 Å². The van der Waals surface area contributed by atoms with Crippen molar-refractivity contribution in [3.8, 4) is 11.8 Å². The SMILES string of the molecule is CC(C)CN(C)c1sc(C#N)c(N)c1OC(C)C. The zero-order valence-electron chi connectivity index (χ0n) is 11.7. The van der Waals surface area contributed by atoms with Crippen molar-refractivity contribution in [3.63, 3.8) is 0 Å². The summed E-state index contributed by atoms with van der Waals surface area (Å²) in [5.74, 6) is 1.19. The Morgan fingerprint density at radius 1 is 1.39 bits per heavy atom. The Morgan fingerprint density at radius 3 is 2.44 bits per heavy atom. The summed E-state index contributed by atoms with van der Waals surface area (Å²) in [4.78, 5) is 2.63. The first-order valence-corrected chi connectivity index (χ1v) is 6.88. The highest BCUT2D eigenvalue weighted by Crippen LogP contribution is 2.44. The molecule has 0 fully saturated rings. The van der Waals surface area contributed by atoms with Crippen molar-refractivity contribution in [2.45, 2.75) is 33.8 Å². The number of nitriles is 1. The van der Waals surface area contributed by atoms with Crippen molar-refractivity contribution >= 4 is 22.0 Å². The van der Waals surface area contributed by atoms with Crippen LogP contribution in [0, 0.1) is 17.2 Å². The van der Waals surface area contributed by atoms with Crippen molar-refractivity contribution in [3.05, 3.63) is 4.88 Å². The molecule has 2 N–H and O–H groups in total. The maximum absolute atomic E-state index is 9.06. The number of hydrogen-bond donors (Lipinski definition) is 1. The number of nitrogen functional groups attached to an aromatic ring is 1. The third-order valence-corrected chi connectivity index (χ3v) is 3.53. The van der Waals surface area contributed by atoms with E-state index in [-0.39, 0.29) is 6.10 Å². The number of anilines is 2. The van der Waals surface area contributed by atoms with Crippen molar-refractivity contribution in [1.29, 1.82) is 5.26 Å². The molecule has 0 spiro atoms. The molecule has 4 nitrogen and oxygen atoms in total. The van der Waals surface area contributed by atoms with E-state index in [4.69, 9.17) is 15.7 Å². The summed E-state index contributed by atoms with van der Waals surface area (Å²) >= 11 is 1.39. The van der Waals surface area contributed by atoms with Crippen LogP contribution in [0.25, 0.3) is 0 Å². The van der Waals surface area contributed by atoms with E-state index >= 15 is 0 Å². The van der Waals surface area contributed by atoms with E-state index in [9.17, 15) is 0 Å². The number of nitrogens with two attached hydrogens (primary N) is 1. The lowest BCUT2D eigenvalue weighted by atomic mass is 10.2. The van der Waals surface area contributed by atoms with Crippen molar-refractivity contribution in [2.24, 2.45) is 5.92 Å². The van der Waals surface area contributed by atoms with Crippen LogP contribution in [0.4, 0.5) is 10.7 Å².